The SMILES string of the molecule is CCNC(=NCc1ncnn1C)N1CCSC(CC)C1.I. The summed E-state index contributed by atoms with van der Waals surface area (Å²) in [7, 11) is 1.90. The largest absolute Gasteiger partial charge is 0.357 e. The van der Waals surface area contributed by atoms with E-state index in [1.54, 1.807) is 11.0 Å². The molecule has 1 saturated heterocycles. The Morgan fingerprint density at radius 2 is 2.33 bits per heavy atom. The normalized spacial score (nSPS) is 19.3. The van der Waals surface area contributed by atoms with Crippen LogP contribution < -0.4 is 5.32 Å². The van der Waals surface area contributed by atoms with Gasteiger partial charge in [0.25, 0.3) is 0 Å². The summed E-state index contributed by atoms with van der Waals surface area (Å²) in [5.74, 6) is 3.06. The number of thioether (sulfide) groups is 1. The van der Waals surface area contributed by atoms with Gasteiger partial charge in [-0.3, -0.25) is 4.68 Å². The molecule has 6 nitrogen and oxygen atoms in total. The number of aliphatic imine (C=N–C) groups is 1. The topological polar surface area (TPSA) is 58.3 Å². The molecule has 120 valence electrons. The number of nitrogens with zero attached hydrogens (tertiary/aromatic N) is 5. The molecule has 2 heterocycles. The predicted molar refractivity (Wildman–Crippen MR) is 99.3 cm³/mol. The van der Waals surface area contributed by atoms with E-state index >= 15 is 0 Å². The van der Waals surface area contributed by atoms with Crippen LogP contribution in [0.15, 0.2) is 11.3 Å². The van der Waals surface area contributed by atoms with E-state index in [-0.39, 0.29) is 24.0 Å². The van der Waals surface area contributed by atoms with Crippen LogP contribution in [0.5, 0.6) is 0 Å². The summed E-state index contributed by atoms with van der Waals surface area (Å²) in [6.07, 6.45) is 2.78. The van der Waals surface area contributed by atoms with Crippen molar-refractivity contribution < 1.29 is 0 Å². The fraction of sp³-hybridized carbons (Fsp3) is 0.769. The van der Waals surface area contributed by atoms with Crippen LogP contribution in [0.4, 0.5) is 0 Å². The summed E-state index contributed by atoms with van der Waals surface area (Å²) in [4.78, 5) is 11.3. The Bertz CT molecular complexity index is 450. The maximum absolute atomic E-state index is 4.71. The summed E-state index contributed by atoms with van der Waals surface area (Å²) in [5.41, 5.74) is 0. The summed E-state index contributed by atoms with van der Waals surface area (Å²) < 4.78 is 1.77. The van der Waals surface area contributed by atoms with Crippen molar-refractivity contribution in [1.82, 2.24) is 25.0 Å². The highest BCUT2D eigenvalue weighted by Gasteiger charge is 2.21. The lowest BCUT2D eigenvalue weighted by molar-refractivity contribution is 0.407. The van der Waals surface area contributed by atoms with Crippen molar-refractivity contribution >= 4 is 41.7 Å². The first kappa shape index (κ1) is 18.5. The van der Waals surface area contributed by atoms with Crippen LogP contribution in [0.3, 0.4) is 0 Å². The van der Waals surface area contributed by atoms with Crippen molar-refractivity contribution in [1.29, 1.82) is 0 Å². The fourth-order valence-electron chi connectivity index (χ4n) is 2.19. The minimum Gasteiger partial charge on any atom is -0.357 e. The molecule has 0 saturated carbocycles. The Morgan fingerprint density at radius 1 is 1.52 bits per heavy atom. The minimum absolute atomic E-state index is 0. The van der Waals surface area contributed by atoms with Gasteiger partial charge < -0.3 is 10.2 Å². The Labute approximate surface area is 148 Å². The van der Waals surface area contributed by atoms with Gasteiger partial charge in [-0.05, 0) is 13.3 Å². The van der Waals surface area contributed by atoms with Crippen LogP contribution in [0.1, 0.15) is 26.1 Å². The van der Waals surface area contributed by atoms with E-state index in [0.717, 1.165) is 31.4 Å². The fourth-order valence-corrected chi connectivity index (χ4v) is 3.37. The average molecular weight is 424 g/mol. The first-order valence-corrected chi connectivity index (χ1v) is 8.27. The van der Waals surface area contributed by atoms with E-state index in [0.29, 0.717) is 11.8 Å². The molecule has 1 fully saturated rings. The van der Waals surface area contributed by atoms with E-state index in [1.165, 1.54) is 12.2 Å². The third-order valence-corrected chi connectivity index (χ3v) is 4.78. The van der Waals surface area contributed by atoms with Crippen LogP contribution in [0, 0.1) is 0 Å². The van der Waals surface area contributed by atoms with Crippen molar-refractivity contribution in [3.05, 3.63) is 12.2 Å². The van der Waals surface area contributed by atoms with Crippen molar-refractivity contribution in [2.75, 3.05) is 25.4 Å². The van der Waals surface area contributed by atoms with E-state index in [9.17, 15) is 0 Å². The number of guanidine groups is 1. The van der Waals surface area contributed by atoms with Crippen LogP contribution in [0.25, 0.3) is 0 Å². The van der Waals surface area contributed by atoms with E-state index in [1.807, 2.05) is 7.05 Å². The van der Waals surface area contributed by atoms with Crippen LogP contribution >= 0.6 is 35.7 Å². The molecule has 0 spiro atoms. The summed E-state index contributed by atoms with van der Waals surface area (Å²) in [6.45, 7) is 7.95. The molecule has 1 aliphatic heterocycles. The Balaban J connectivity index is 0.00000220. The Kier molecular flexibility index (Phi) is 8.38. The predicted octanol–water partition coefficient (Wildman–Crippen LogP) is 1.73. The van der Waals surface area contributed by atoms with Gasteiger partial charge in [0.05, 0.1) is 0 Å². The quantitative estimate of drug-likeness (QED) is 0.453. The third kappa shape index (κ3) is 5.32. The molecule has 1 aromatic rings. The van der Waals surface area contributed by atoms with E-state index in [2.05, 4.69) is 45.9 Å². The molecular formula is C13H25IN6S. The van der Waals surface area contributed by atoms with Gasteiger partial charge >= 0.3 is 0 Å². The zero-order chi connectivity index (χ0) is 14.4. The molecule has 2 rings (SSSR count). The highest BCUT2D eigenvalue weighted by atomic mass is 127. The van der Waals surface area contributed by atoms with Gasteiger partial charge in [-0.1, -0.05) is 6.92 Å². The first-order chi connectivity index (χ1) is 9.74. The van der Waals surface area contributed by atoms with Gasteiger partial charge in [-0.2, -0.15) is 16.9 Å². The third-order valence-electron chi connectivity index (χ3n) is 3.40. The van der Waals surface area contributed by atoms with E-state index < -0.39 is 0 Å². The van der Waals surface area contributed by atoms with Gasteiger partial charge in [-0.25, -0.2) is 9.98 Å². The monoisotopic (exact) mass is 424 g/mol. The lowest BCUT2D eigenvalue weighted by Crippen LogP contribution is -2.48. The van der Waals surface area contributed by atoms with Crippen molar-refractivity contribution in [2.24, 2.45) is 12.0 Å². The number of hydrogen-bond donors (Lipinski definition) is 1. The summed E-state index contributed by atoms with van der Waals surface area (Å²) in [6, 6.07) is 0. The first-order valence-electron chi connectivity index (χ1n) is 7.22. The maximum atomic E-state index is 4.71. The molecule has 0 aliphatic carbocycles. The molecule has 21 heavy (non-hydrogen) atoms. The molecule has 1 unspecified atom stereocenters. The lowest BCUT2D eigenvalue weighted by Gasteiger charge is -2.34. The van der Waals surface area contributed by atoms with Gasteiger partial charge in [0.15, 0.2) is 5.96 Å². The number of aromatic nitrogens is 3. The molecule has 1 atom stereocenters. The van der Waals surface area contributed by atoms with Gasteiger partial charge in [0, 0.05) is 37.7 Å². The van der Waals surface area contributed by atoms with Gasteiger partial charge in [0.2, 0.25) is 0 Å². The zero-order valence-corrected chi connectivity index (χ0v) is 16.1. The maximum Gasteiger partial charge on any atom is 0.194 e. The number of rotatable bonds is 4. The standard InChI is InChI=1S/C13H24N6S.HI/c1-4-11-9-19(6-7-20-11)13(14-5-2)15-8-12-16-10-17-18(12)3;/h10-11H,4-9H2,1-3H3,(H,14,15);1H. The van der Waals surface area contributed by atoms with Gasteiger partial charge in [-0.15, -0.1) is 24.0 Å². The second kappa shape index (κ2) is 9.50. The molecule has 1 aliphatic rings. The molecule has 8 heteroatoms. The highest BCUT2D eigenvalue weighted by Crippen LogP contribution is 2.21. The van der Waals surface area contributed by atoms with E-state index in [4.69, 9.17) is 4.99 Å². The van der Waals surface area contributed by atoms with Gasteiger partial charge in [0.1, 0.15) is 18.7 Å². The minimum atomic E-state index is 0. The van der Waals surface area contributed by atoms with Crippen molar-refractivity contribution in [2.45, 2.75) is 32.1 Å². The number of aryl methyl sites for hydroxylation is 1. The number of nitrogens with one attached hydrogen (secondary N) is 1. The second-order valence-electron chi connectivity index (χ2n) is 4.82. The average Bonchev–Trinajstić information content (AvgIpc) is 2.89. The van der Waals surface area contributed by atoms with Crippen molar-refractivity contribution in [3.63, 3.8) is 0 Å². The summed E-state index contributed by atoms with van der Waals surface area (Å²) >= 11 is 2.07. The molecular weight excluding hydrogens is 399 g/mol. The Morgan fingerprint density at radius 3 is 2.95 bits per heavy atom. The molecule has 0 radical (unpaired) electrons. The van der Waals surface area contributed by atoms with Crippen LogP contribution in [-0.4, -0.2) is 56.3 Å². The Hall–Kier alpha value is -0.510. The summed E-state index contributed by atoms with van der Waals surface area (Å²) in [5, 5.41) is 8.18. The zero-order valence-electron chi connectivity index (χ0n) is 12.9. The molecule has 1 N–H and O–H groups in total. The molecule has 0 aromatic carbocycles. The molecule has 0 bridgehead atoms. The van der Waals surface area contributed by atoms with Crippen molar-refractivity contribution in [3.8, 4) is 0 Å². The lowest BCUT2D eigenvalue weighted by atomic mass is 10.3. The molecule has 0 amide bonds. The second-order valence-corrected chi connectivity index (χ2v) is 6.23. The number of hydrogen-bond acceptors (Lipinski definition) is 4. The van der Waals surface area contributed by atoms with Crippen LogP contribution in [0.2, 0.25) is 0 Å². The number of halogens is 1. The van der Waals surface area contributed by atoms with Crippen LogP contribution in [-0.2, 0) is 13.6 Å². The highest BCUT2D eigenvalue weighted by molar-refractivity contribution is 14.0. The smallest absolute Gasteiger partial charge is 0.194 e. The molecule has 1 aromatic heterocycles.